The lowest BCUT2D eigenvalue weighted by atomic mass is 9.87. The first kappa shape index (κ1) is 20.5. The van der Waals surface area contributed by atoms with Crippen molar-refractivity contribution >= 4 is 40.3 Å². The molecule has 2 fully saturated rings. The number of rotatable bonds is 3. The normalized spacial score (nSPS) is 17.8. The van der Waals surface area contributed by atoms with Crippen molar-refractivity contribution in [3.63, 3.8) is 0 Å². The van der Waals surface area contributed by atoms with Crippen LogP contribution in [0.3, 0.4) is 0 Å². The van der Waals surface area contributed by atoms with Crippen LogP contribution in [0.5, 0.6) is 0 Å². The summed E-state index contributed by atoms with van der Waals surface area (Å²) < 4.78 is 0. The van der Waals surface area contributed by atoms with Crippen molar-refractivity contribution in [1.82, 2.24) is 20.1 Å². The van der Waals surface area contributed by atoms with E-state index in [1.165, 1.54) is 4.90 Å². The minimum Gasteiger partial charge on any atom is -0.337 e. The Hall–Kier alpha value is -3.45. The summed E-state index contributed by atoms with van der Waals surface area (Å²) in [5.74, 6) is -0.409. The Labute approximate surface area is 190 Å². The Morgan fingerprint density at radius 1 is 1.00 bits per heavy atom. The van der Waals surface area contributed by atoms with Crippen LogP contribution < -0.4 is 5.32 Å². The van der Waals surface area contributed by atoms with Crippen LogP contribution in [0.1, 0.15) is 28.9 Å². The van der Waals surface area contributed by atoms with E-state index in [-0.39, 0.29) is 18.4 Å². The molecule has 1 spiro atoms. The molecule has 32 heavy (non-hydrogen) atoms. The molecule has 1 N–H and O–H groups in total. The quantitative estimate of drug-likeness (QED) is 0.620. The van der Waals surface area contributed by atoms with Crippen LogP contribution in [0.25, 0.3) is 10.9 Å². The number of halogens is 1. The molecule has 7 nitrogen and oxygen atoms in total. The van der Waals surface area contributed by atoms with Gasteiger partial charge in [0.2, 0.25) is 0 Å². The van der Waals surface area contributed by atoms with E-state index in [0.29, 0.717) is 36.6 Å². The highest BCUT2D eigenvalue weighted by molar-refractivity contribution is 6.30. The van der Waals surface area contributed by atoms with Gasteiger partial charge in [0, 0.05) is 23.5 Å². The number of urea groups is 1. The molecule has 0 saturated carbocycles. The van der Waals surface area contributed by atoms with E-state index in [4.69, 9.17) is 11.6 Å². The Balaban J connectivity index is 1.27. The number of amides is 4. The van der Waals surface area contributed by atoms with Gasteiger partial charge in [-0.05, 0) is 42.7 Å². The summed E-state index contributed by atoms with van der Waals surface area (Å²) in [6, 6.07) is 17.9. The molecule has 3 heterocycles. The van der Waals surface area contributed by atoms with Gasteiger partial charge in [0.1, 0.15) is 11.2 Å². The molecule has 2 aliphatic heterocycles. The molecule has 0 unspecified atom stereocenters. The fourth-order valence-corrected chi connectivity index (χ4v) is 4.50. The van der Waals surface area contributed by atoms with E-state index in [1.807, 2.05) is 30.3 Å². The van der Waals surface area contributed by atoms with Gasteiger partial charge in [0.05, 0.1) is 12.1 Å². The molecule has 0 radical (unpaired) electrons. The molecular weight excluding hydrogens is 428 g/mol. The number of carbonyl (C=O) groups is 3. The number of benzene rings is 2. The van der Waals surface area contributed by atoms with Crippen LogP contribution in [-0.2, 0) is 11.3 Å². The van der Waals surface area contributed by atoms with Gasteiger partial charge in [0.25, 0.3) is 11.8 Å². The van der Waals surface area contributed by atoms with Crippen molar-refractivity contribution in [2.45, 2.75) is 24.9 Å². The summed E-state index contributed by atoms with van der Waals surface area (Å²) in [4.78, 5) is 46.1. The number of para-hydroxylation sites is 1. The number of hydrogen-bond acceptors (Lipinski definition) is 4. The summed E-state index contributed by atoms with van der Waals surface area (Å²) in [5, 5.41) is 4.45. The third-order valence-electron chi connectivity index (χ3n) is 6.22. The third-order valence-corrected chi connectivity index (χ3v) is 6.47. The number of piperidine rings is 1. The predicted octanol–water partition coefficient (Wildman–Crippen LogP) is 3.62. The van der Waals surface area contributed by atoms with Gasteiger partial charge in [-0.3, -0.25) is 14.5 Å². The lowest BCUT2D eigenvalue weighted by Crippen LogP contribution is -2.55. The van der Waals surface area contributed by atoms with Crippen molar-refractivity contribution in [3.8, 4) is 0 Å². The van der Waals surface area contributed by atoms with Crippen molar-refractivity contribution < 1.29 is 14.4 Å². The number of carbonyl (C=O) groups excluding carboxylic acids is 3. The average Bonchev–Trinajstić information content (AvgIpc) is 3.04. The lowest BCUT2D eigenvalue weighted by Gasteiger charge is -2.37. The molecule has 3 aromatic rings. The summed E-state index contributed by atoms with van der Waals surface area (Å²) in [6.07, 6.45) is 0.738. The molecule has 2 aromatic carbocycles. The van der Waals surface area contributed by atoms with E-state index < -0.39 is 11.6 Å². The number of nitrogens with zero attached hydrogens (tertiary/aromatic N) is 3. The molecule has 0 atom stereocenters. The maximum atomic E-state index is 13.2. The maximum Gasteiger partial charge on any atom is 0.325 e. The second kappa shape index (κ2) is 7.91. The number of imide groups is 1. The van der Waals surface area contributed by atoms with Crippen LogP contribution in [0.15, 0.2) is 60.7 Å². The van der Waals surface area contributed by atoms with Gasteiger partial charge in [-0.15, -0.1) is 0 Å². The minimum atomic E-state index is -0.961. The molecule has 4 amide bonds. The fraction of sp³-hybridized carbons (Fsp3) is 0.250. The van der Waals surface area contributed by atoms with Crippen molar-refractivity contribution in [3.05, 3.63) is 76.9 Å². The molecule has 2 aliphatic rings. The minimum absolute atomic E-state index is 0.166. The number of hydrogen-bond donors (Lipinski definition) is 1. The average molecular weight is 449 g/mol. The fourth-order valence-electron chi connectivity index (χ4n) is 4.37. The highest BCUT2D eigenvalue weighted by Crippen LogP contribution is 2.31. The summed E-state index contributed by atoms with van der Waals surface area (Å²) in [7, 11) is 0. The van der Waals surface area contributed by atoms with Gasteiger partial charge >= 0.3 is 6.03 Å². The molecule has 0 aliphatic carbocycles. The number of nitrogens with one attached hydrogen (secondary N) is 1. The smallest absolute Gasteiger partial charge is 0.325 e. The van der Waals surface area contributed by atoms with Gasteiger partial charge in [-0.2, -0.15) is 0 Å². The Kier molecular flexibility index (Phi) is 5.06. The van der Waals surface area contributed by atoms with Gasteiger partial charge in [-0.25, -0.2) is 9.78 Å². The van der Waals surface area contributed by atoms with Crippen LogP contribution >= 0.6 is 11.6 Å². The van der Waals surface area contributed by atoms with Crippen molar-refractivity contribution in [2.24, 2.45) is 0 Å². The molecular formula is C24H21ClN4O3. The van der Waals surface area contributed by atoms with E-state index in [2.05, 4.69) is 10.3 Å². The number of pyridine rings is 1. The molecule has 5 rings (SSSR count). The van der Waals surface area contributed by atoms with Crippen molar-refractivity contribution in [1.29, 1.82) is 0 Å². The standard InChI is InChI=1S/C24H21ClN4O3/c25-18-8-5-16(6-9-18)15-29-22(31)24(27-23(29)32)11-13-28(14-12-24)21(30)20-10-7-17-3-1-2-4-19(17)26-20/h1-10H,11-15H2,(H,27,32). The molecule has 162 valence electrons. The van der Waals surface area contributed by atoms with E-state index in [1.54, 1.807) is 35.2 Å². The SMILES string of the molecule is O=C(c1ccc2ccccc2n1)N1CCC2(CC1)NC(=O)N(Cc1ccc(Cl)cc1)C2=O. The largest absolute Gasteiger partial charge is 0.337 e. The van der Waals surface area contributed by atoms with E-state index >= 15 is 0 Å². The lowest BCUT2D eigenvalue weighted by molar-refractivity contribution is -0.133. The molecule has 0 bridgehead atoms. The first-order chi connectivity index (χ1) is 15.4. The van der Waals surface area contributed by atoms with Crippen LogP contribution in [0, 0.1) is 0 Å². The zero-order chi connectivity index (χ0) is 22.3. The Morgan fingerprint density at radius 3 is 2.47 bits per heavy atom. The topological polar surface area (TPSA) is 82.6 Å². The summed E-state index contributed by atoms with van der Waals surface area (Å²) >= 11 is 5.92. The monoisotopic (exact) mass is 448 g/mol. The second-order valence-electron chi connectivity index (χ2n) is 8.21. The Bertz CT molecular complexity index is 1220. The maximum absolute atomic E-state index is 13.2. The number of fused-ring (bicyclic) bond motifs is 1. The molecule has 2 saturated heterocycles. The third kappa shape index (κ3) is 3.58. The summed E-state index contributed by atoms with van der Waals surface area (Å²) in [5.41, 5.74) is 1.01. The van der Waals surface area contributed by atoms with Crippen LogP contribution in [-0.4, -0.2) is 51.3 Å². The van der Waals surface area contributed by atoms with Gasteiger partial charge < -0.3 is 10.2 Å². The highest BCUT2D eigenvalue weighted by Gasteiger charge is 2.52. The Morgan fingerprint density at radius 2 is 1.72 bits per heavy atom. The van der Waals surface area contributed by atoms with E-state index in [9.17, 15) is 14.4 Å². The van der Waals surface area contributed by atoms with Gasteiger partial charge in [-0.1, -0.05) is 48.0 Å². The molecule has 1 aromatic heterocycles. The first-order valence-corrected chi connectivity index (χ1v) is 10.9. The zero-order valence-electron chi connectivity index (χ0n) is 17.3. The predicted molar refractivity (Wildman–Crippen MR) is 120 cm³/mol. The van der Waals surface area contributed by atoms with Crippen LogP contribution in [0.2, 0.25) is 5.02 Å². The number of likely N-dealkylation sites (tertiary alicyclic amines) is 1. The van der Waals surface area contributed by atoms with Gasteiger partial charge in [0.15, 0.2) is 0 Å². The highest BCUT2D eigenvalue weighted by atomic mass is 35.5. The zero-order valence-corrected chi connectivity index (χ0v) is 18.0. The van der Waals surface area contributed by atoms with Crippen LogP contribution in [0.4, 0.5) is 4.79 Å². The number of aromatic nitrogens is 1. The first-order valence-electron chi connectivity index (χ1n) is 10.5. The second-order valence-corrected chi connectivity index (χ2v) is 8.65. The summed E-state index contributed by atoms with van der Waals surface area (Å²) in [6.45, 7) is 0.926. The molecule has 8 heteroatoms. The van der Waals surface area contributed by atoms with Crippen molar-refractivity contribution in [2.75, 3.05) is 13.1 Å². The van der Waals surface area contributed by atoms with E-state index in [0.717, 1.165) is 16.5 Å².